The van der Waals surface area contributed by atoms with Crippen LogP contribution in [0.5, 0.6) is 0 Å². The first-order valence-electron chi connectivity index (χ1n) is 7.55. The highest BCUT2D eigenvalue weighted by Crippen LogP contribution is 2.27. The van der Waals surface area contributed by atoms with Gasteiger partial charge in [0.05, 0.1) is 18.9 Å². The van der Waals surface area contributed by atoms with Crippen molar-refractivity contribution in [3.05, 3.63) is 51.1 Å². The van der Waals surface area contributed by atoms with Gasteiger partial charge in [0.2, 0.25) is 0 Å². The third-order valence-corrected chi connectivity index (χ3v) is 4.31. The molecule has 0 aliphatic carbocycles. The van der Waals surface area contributed by atoms with Crippen LogP contribution in [0, 0.1) is 0 Å². The predicted octanol–water partition coefficient (Wildman–Crippen LogP) is 2.28. The minimum Gasteiger partial charge on any atom is -0.465 e. The monoisotopic (exact) mass is 349 g/mol. The van der Waals surface area contributed by atoms with Crippen molar-refractivity contribution in [1.29, 1.82) is 0 Å². The molecule has 0 spiro atoms. The van der Waals surface area contributed by atoms with E-state index in [0.717, 1.165) is 0 Å². The van der Waals surface area contributed by atoms with Crippen molar-refractivity contribution in [2.75, 3.05) is 13.2 Å². The summed E-state index contributed by atoms with van der Waals surface area (Å²) in [6.07, 6.45) is 1.48. The van der Waals surface area contributed by atoms with Crippen LogP contribution in [0.4, 0.5) is 0 Å². The van der Waals surface area contributed by atoms with Gasteiger partial charge in [-0.2, -0.15) is 11.3 Å². The Bertz CT molecular complexity index is 761. The van der Waals surface area contributed by atoms with Crippen molar-refractivity contribution >= 4 is 23.3 Å². The molecule has 0 saturated carbocycles. The molecule has 0 fully saturated rings. The zero-order valence-electron chi connectivity index (χ0n) is 13.8. The predicted molar refractivity (Wildman–Crippen MR) is 90.5 cm³/mol. The average molecular weight is 349 g/mol. The molecule has 7 heteroatoms. The van der Waals surface area contributed by atoms with E-state index in [2.05, 4.69) is 0 Å². The van der Waals surface area contributed by atoms with Crippen molar-refractivity contribution in [1.82, 2.24) is 4.57 Å². The SMILES string of the molecule is CCOC(=O)C(C)(C(=O)OCC)c1ccc(=O)n(-c2ccsc2)c1. The molecule has 128 valence electrons. The molecule has 0 saturated heterocycles. The second-order valence-electron chi connectivity index (χ2n) is 5.17. The molecule has 0 radical (unpaired) electrons. The van der Waals surface area contributed by atoms with Gasteiger partial charge in [0.15, 0.2) is 5.41 Å². The van der Waals surface area contributed by atoms with Crippen molar-refractivity contribution in [2.45, 2.75) is 26.2 Å². The summed E-state index contributed by atoms with van der Waals surface area (Å²) in [7, 11) is 0. The minimum absolute atomic E-state index is 0.137. The normalized spacial score (nSPS) is 11.1. The van der Waals surface area contributed by atoms with Gasteiger partial charge < -0.3 is 9.47 Å². The Kier molecular flexibility index (Phi) is 5.56. The largest absolute Gasteiger partial charge is 0.465 e. The van der Waals surface area contributed by atoms with Crippen molar-refractivity contribution in [2.24, 2.45) is 0 Å². The fourth-order valence-electron chi connectivity index (χ4n) is 2.25. The summed E-state index contributed by atoms with van der Waals surface area (Å²) in [5.74, 6) is -1.42. The van der Waals surface area contributed by atoms with Crippen molar-refractivity contribution in [3.8, 4) is 5.69 Å². The number of hydrogen-bond donors (Lipinski definition) is 0. The highest BCUT2D eigenvalue weighted by molar-refractivity contribution is 7.08. The fourth-order valence-corrected chi connectivity index (χ4v) is 2.88. The molecule has 24 heavy (non-hydrogen) atoms. The van der Waals surface area contributed by atoms with Crippen LogP contribution < -0.4 is 5.56 Å². The molecule has 0 atom stereocenters. The number of pyridine rings is 1. The number of thiophene rings is 1. The maximum Gasteiger partial charge on any atom is 0.327 e. The molecule has 0 aliphatic rings. The maximum atomic E-state index is 12.5. The van der Waals surface area contributed by atoms with Crippen LogP contribution in [0.25, 0.3) is 5.69 Å². The first-order chi connectivity index (χ1) is 11.4. The smallest absolute Gasteiger partial charge is 0.327 e. The lowest BCUT2D eigenvalue weighted by Crippen LogP contribution is -2.44. The zero-order valence-corrected chi connectivity index (χ0v) is 14.6. The molecule has 0 bridgehead atoms. The van der Waals surface area contributed by atoms with E-state index in [1.54, 1.807) is 25.3 Å². The number of aromatic nitrogens is 1. The van der Waals surface area contributed by atoms with Crippen LogP contribution in [0.2, 0.25) is 0 Å². The van der Waals surface area contributed by atoms with E-state index in [-0.39, 0.29) is 18.8 Å². The molecule has 0 amide bonds. The summed E-state index contributed by atoms with van der Waals surface area (Å²) in [6.45, 7) is 5.04. The van der Waals surface area contributed by atoms with E-state index in [0.29, 0.717) is 11.3 Å². The molecule has 6 nitrogen and oxygen atoms in total. The number of rotatable bonds is 6. The van der Waals surface area contributed by atoms with Crippen LogP contribution in [-0.4, -0.2) is 29.7 Å². The highest BCUT2D eigenvalue weighted by atomic mass is 32.1. The first-order valence-corrected chi connectivity index (χ1v) is 8.49. The Labute approximate surface area is 143 Å². The topological polar surface area (TPSA) is 74.6 Å². The molecule has 2 rings (SSSR count). The van der Waals surface area contributed by atoms with Gasteiger partial charge in [0.1, 0.15) is 0 Å². The second kappa shape index (κ2) is 7.44. The number of carbonyl (C=O) groups is 2. The summed E-state index contributed by atoms with van der Waals surface area (Å²) in [6, 6.07) is 4.56. The van der Waals surface area contributed by atoms with E-state index in [9.17, 15) is 14.4 Å². The molecule has 0 aromatic carbocycles. The van der Waals surface area contributed by atoms with Gasteiger partial charge in [0, 0.05) is 17.6 Å². The maximum absolute atomic E-state index is 12.5. The van der Waals surface area contributed by atoms with Crippen LogP contribution >= 0.6 is 11.3 Å². The Balaban J connectivity index is 2.58. The van der Waals surface area contributed by atoms with E-state index >= 15 is 0 Å². The van der Waals surface area contributed by atoms with Crippen LogP contribution in [-0.2, 0) is 24.5 Å². The van der Waals surface area contributed by atoms with Gasteiger partial charge in [-0.1, -0.05) is 6.07 Å². The van der Waals surface area contributed by atoms with Gasteiger partial charge in [-0.3, -0.25) is 19.0 Å². The van der Waals surface area contributed by atoms with E-state index in [1.165, 1.54) is 41.2 Å². The lowest BCUT2D eigenvalue weighted by molar-refractivity contribution is -0.163. The first kappa shape index (κ1) is 17.9. The fraction of sp³-hybridized carbons (Fsp3) is 0.353. The molecule has 0 aliphatic heterocycles. The summed E-state index contributed by atoms with van der Waals surface area (Å²) in [5.41, 5.74) is -0.892. The molecule has 2 heterocycles. The van der Waals surface area contributed by atoms with Gasteiger partial charge >= 0.3 is 11.9 Å². The third-order valence-electron chi connectivity index (χ3n) is 3.64. The molecular formula is C17H19NO5S. The van der Waals surface area contributed by atoms with E-state index < -0.39 is 17.4 Å². The number of esters is 2. The minimum atomic E-state index is -1.64. The molecule has 2 aromatic rings. The van der Waals surface area contributed by atoms with E-state index in [1.807, 2.05) is 5.38 Å². The second-order valence-corrected chi connectivity index (χ2v) is 5.95. The van der Waals surface area contributed by atoms with Gasteiger partial charge in [-0.25, -0.2) is 0 Å². The number of hydrogen-bond acceptors (Lipinski definition) is 6. The van der Waals surface area contributed by atoms with E-state index in [4.69, 9.17) is 9.47 Å². The highest BCUT2D eigenvalue weighted by Gasteiger charge is 2.46. The van der Waals surface area contributed by atoms with Crippen LogP contribution in [0.1, 0.15) is 26.3 Å². The summed E-state index contributed by atoms with van der Waals surface area (Å²) < 4.78 is 11.5. The Morgan fingerprint density at radius 2 is 1.75 bits per heavy atom. The van der Waals surface area contributed by atoms with Crippen LogP contribution in [0.3, 0.4) is 0 Å². The Hall–Kier alpha value is -2.41. The third kappa shape index (κ3) is 3.26. The molecule has 2 aromatic heterocycles. The number of carbonyl (C=O) groups excluding carboxylic acids is 2. The van der Waals surface area contributed by atoms with Gasteiger partial charge in [-0.15, -0.1) is 0 Å². The number of nitrogens with zero attached hydrogens (tertiary/aromatic N) is 1. The quantitative estimate of drug-likeness (QED) is 0.591. The van der Waals surface area contributed by atoms with Crippen molar-refractivity contribution in [3.63, 3.8) is 0 Å². The summed E-state index contributed by atoms with van der Waals surface area (Å²) >= 11 is 1.44. The molecule has 0 N–H and O–H groups in total. The standard InChI is InChI=1S/C17H19NO5S/c1-4-22-15(20)17(3,16(21)23-5-2)12-6-7-14(19)18(10-12)13-8-9-24-11-13/h6-11H,4-5H2,1-3H3. The number of ether oxygens (including phenoxy) is 2. The molecular weight excluding hydrogens is 330 g/mol. The van der Waals surface area contributed by atoms with Crippen molar-refractivity contribution < 1.29 is 19.1 Å². The zero-order chi connectivity index (χ0) is 17.7. The lowest BCUT2D eigenvalue weighted by Gasteiger charge is -2.25. The summed E-state index contributed by atoms with van der Waals surface area (Å²) in [4.78, 5) is 37.0. The summed E-state index contributed by atoms with van der Waals surface area (Å²) in [5, 5.41) is 3.64. The Morgan fingerprint density at radius 1 is 1.12 bits per heavy atom. The molecule has 0 unspecified atom stereocenters. The average Bonchev–Trinajstić information content (AvgIpc) is 3.09. The Morgan fingerprint density at radius 3 is 2.25 bits per heavy atom. The van der Waals surface area contributed by atoms with Gasteiger partial charge in [0.25, 0.3) is 5.56 Å². The van der Waals surface area contributed by atoms with Crippen LogP contribution in [0.15, 0.2) is 40.0 Å². The lowest BCUT2D eigenvalue weighted by atomic mass is 9.83. The van der Waals surface area contributed by atoms with Gasteiger partial charge in [-0.05, 0) is 37.8 Å².